The van der Waals surface area contributed by atoms with E-state index in [1.165, 1.54) is 11.3 Å². The highest BCUT2D eigenvalue weighted by Gasteiger charge is 2.14. The summed E-state index contributed by atoms with van der Waals surface area (Å²) in [6.07, 6.45) is 1.56. The van der Waals surface area contributed by atoms with Gasteiger partial charge in [0.1, 0.15) is 5.69 Å². The van der Waals surface area contributed by atoms with Crippen LogP contribution in [0.3, 0.4) is 0 Å². The van der Waals surface area contributed by atoms with Gasteiger partial charge in [-0.05, 0) is 42.3 Å². The van der Waals surface area contributed by atoms with Crippen LogP contribution in [0.2, 0.25) is 0 Å². The first-order chi connectivity index (χ1) is 12.5. The smallest absolute Gasteiger partial charge is 0.275 e. The molecule has 0 aliphatic heterocycles. The molecule has 2 heterocycles. The first-order valence-corrected chi connectivity index (χ1v) is 9.10. The molecule has 134 valence electrons. The Labute approximate surface area is 155 Å². The van der Waals surface area contributed by atoms with Crippen molar-refractivity contribution in [2.45, 2.75) is 13.8 Å². The van der Waals surface area contributed by atoms with Crippen molar-refractivity contribution in [1.82, 2.24) is 10.3 Å². The number of aromatic nitrogens is 1. The number of anilines is 1. The van der Waals surface area contributed by atoms with Crippen molar-refractivity contribution in [1.29, 1.82) is 0 Å². The third kappa shape index (κ3) is 4.37. The second kappa shape index (κ2) is 7.97. The summed E-state index contributed by atoms with van der Waals surface area (Å²) in [5, 5.41) is 7.96. The maximum atomic E-state index is 12.3. The van der Waals surface area contributed by atoms with Gasteiger partial charge in [-0.15, -0.1) is 11.3 Å². The van der Waals surface area contributed by atoms with Crippen LogP contribution in [0.25, 0.3) is 10.8 Å². The van der Waals surface area contributed by atoms with Crippen LogP contribution in [0.15, 0.2) is 52.5 Å². The van der Waals surface area contributed by atoms with Crippen molar-refractivity contribution in [3.63, 3.8) is 0 Å². The van der Waals surface area contributed by atoms with Gasteiger partial charge in [0.2, 0.25) is 0 Å². The second-order valence-electron chi connectivity index (χ2n) is 6.15. The van der Waals surface area contributed by atoms with Crippen LogP contribution >= 0.6 is 11.3 Å². The number of nitrogens with one attached hydrogen (secondary N) is 2. The zero-order valence-electron chi connectivity index (χ0n) is 14.5. The fourth-order valence-electron chi connectivity index (χ4n) is 2.19. The van der Waals surface area contributed by atoms with Gasteiger partial charge < -0.3 is 15.1 Å². The summed E-state index contributed by atoms with van der Waals surface area (Å²) in [6, 6.07) is 10.3. The predicted octanol–water partition coefficient (Wildman–Crippen LogP) is 4.04. The second-order valence-corrected chi connectivity index (χ2v) is 7.01. The van der Waals surface area contributed by atoms with Gasteiger partial charge in [-0.25, -0.2) is 4.98 Å². The number of furan rings is 1. The Morgan fingerprint density at radius 1 is 1.15 bits per heavy atom. The summed E-state index contributed by atoms with van der Waals surface area (Å²) in [4.78, 5) is 28.6. The van der Waals surface area contributed by atoms with E-state index in [1.54, 1.807) is 48.0 Å². The molecule has 6 nitrogen and oxygen atoms in total. The third-order valence-corrected chi connectivity index (χ3v) is 4.40. The molecule has 26 heavy (non-hydrogen) atoms. The molecule has 0 atom stereocenters. The van der Waals surface area contributed by atoms with Crippen molar-refractivity contribution >= 4 is 28.8 Å². The Morgan fingerprint density at radius 3 is 2.58 bits per heavy atom. The van der Waals surface area contributed by atoms with Crippen molar-refractivity contribution in [3.8, 4) is 10.8 Å². The van der Waals surface area contributed by atoms with Gasteiger partial charge in [-0.3, -0.25) is 9.59 Å². The standard InChI is InChI=1S/C19H19N3O3S/c1-12(2)10-20-17(23)13-5-7-14(8-6-13)21-18(24)15-11-26-19(22-15)16-4-3-9-25-16/h3-9,11-12H,10H2,1-2H3,(H,20,23)(H,21,24). The average molecular weight is 369 g/mol. The Bertz CT molecular complexity index is 883. The molecule has 0 saturated carbocycles. The van der Waals surface area contributed by atoms with Crippen LogP contribution in [0, 0.1) is 5.92 Å². The fraction of sp³-hybridized carbons (Fsp3) is 0.211. The Balaban J connectivity index is 1.62. The van der Waals surface area contributed by atoms with E-state index in [0.29, 0.717) is 40.2 Å². The third-order valence-electron chi connectivity index (χ3n) is 3.54. The van der Waals surface area contributed by atoms with E-state index in [2.05, 4.69) is 15.6 Å². The van der Waals surface area contributed by atoms with Crippen molar-refractivity contribution < 1.29 is 14.0 Å². The van der Waals surface area contributed by atoms with E-state index in [0.717, 1.165) is 0 Å². The highest BCUT2D eigenvalue weighted by atomic mass is 32.1. The number of amides is 2. The Kier molecular flexibility index (Phi) is 5.48. The monoisotopic (exact) mass is 369 g/mol. The highest BCUT2D eigenvalue weighted by Crippen LogP contribution is 2.24. The van der Waals surface area contributed by atoms with Gasteiger partial charge in [0, 0.05) is 23.2 Å². The van der Waals surface area contributed by atoms with Crippen LogP contribution < -0.4 is 10.6 Å². The zero-order chi connectivity index (χ0) is 18.5. The van der Waals surface area contributed by atoms with Gasteiger partial charge in [-0.1, -0.05) is 13.8 Å². The molecule has 2 aromatic heterocycles. The van der Waals surface area contributed by atoms with Crippen LogP contribution in [0.5, 0.6) is 0 Å². The first kappa shape index (κ1) is 17.9. The predicted molar refractivity (Wildman–Crippen MR) is 101 cm³/mol. The summed E-state index contributed by atoms with van der Waals surface area (Å²) in [6.45, 7) is 4.70. The van der Waals surface area contributed by atoms with E-state index >= 15 is 0 Å². The molecule has 0 saturated heterocycles. The molecule has 0 unspecified atom stereocenters. The van der Waals surface area contributed by atoms with Gasteiger partial charge in [-0.2, -0.15) is 0 Å². The average Bonchev–Trinajstić information content (AvgIpc) is 3.31. The fourth-order valence-corrected chi connectivity index (χ4v) is 2.96. The molecule has 7 heteroatoms. The Hall–Kier alpha value is -2.93. The molecule has 3 rings (SSSR count). The largest absolute Gasteiger partial charge is 0.462 e. The van der Waals surface area contributed by atoms with Crippen molar-refractivity contribution in [3.05, 3.63) is 59.3 Å². The lowest BCUT2D eigenvalue weighted by molar-refractivity contribution is 0.0948. The first-order valence-electron chi connectivity index (χ1n) is 8.22. The number of carbonyl (C=O) groups excluding carboxylic acids is 2. The van der Waals surface area contributed by atoms with E-state index in [-0.39, 0.29) is 11.8 Å². The number of rotatable bonds is 6. The topological polar surface area (TPSA) is 84.2 Å². The minimum absolute atomic E-state index is 0.126. The van der Waals surface area contributed by atoms with E-state index in [9.17, 15) is 9.59 Å². The molecule has 3 aromatic rings. The molecule has 0 aliphatic rings. The summed E-state index contributed by atoms with van der Waals surface area (Å²) >= 11 is 1.34. The van der Waals surface area contributed by atoms with Crippen molar-refractivity contribution in [2.24, 2.45) is 5.92 Å². The summed E-state index contributed by atoms with van der Waals surface area (Å²) < 4.78 is 5.28. The molecular weight excluding hydrogens is 350 g/mol. The molecule has 0 fully saturated rings. The van der Waals surface area contributed by atoms with Gasteiger partial charge >= 0.3 is 0 Å². The number of thiazole rings is 1. The number of benzene rings is 1. The summed E-state index contributed by atoms with van der Waals surface area (Å²) in [5.74, 6) is 0.586. The van der Waals surface area contributed by atoms with Crippen LogP contribution in [0.4, 0.5) is 5.69 Å². The van der Waals surface area contributed by atoms with Gasteiger partial charge in [0.05, 0.1) is 6.26 Å². The van der Waals surface area contributed by atoms with E-state index in [4.69, 9.17) is 4.42 Å². The normalized spacial score (nSPS) is 10.7. The lowest BCUT2D eigenvalue weighted by atomic mass is 10.1. The van der Waals surface area contributed by atoms with Gasteiger partial charge in [0.15, 0.2) is 10.8 Å². The molecule has 1 aromatic carbocycles. The van der Waals surface area contributed by atoms with Crippen molar-refractivity contribution in [2.75, 3.05) is 11.9 Å². The Morgan fingerprint density at radius 2 is 1.92 bits per heavy atom. The van der Waals surface area contributed by atoms with E-state index in [1.807, 2.05) is 13.8 Å². The maximum absolute atomic E-state index is 12.3. The quantitative estimate of drug-likeness (QED) is 0.687. The van der Waals surface area contributed by atoms with Crippen LogP contribution in [-0.2, 0) is 0 Å². The van der Waals surface area contributed by atoms with Crippen LogP contribution in [-0.4, -0.2) is 23.3 Å². The molecule has 2 amide bonds. The maximum Gasteiger partial charge on any atom is 0.275 e. The number of nitrogens with zero attached hydrogens (tertiary/aromatic N) is 1. The minimum atomic E-state index is -0.309. The number of hydrogen-bond acceptors (Lipinski definition) is 5. The molecule has 0 aliphatic carbocycles. The van der Waals surface area contributed by atoms with E-state index < -0.39 is 0 Å². The molecule has 0 spiro atoms. The minimum Gasteiger partial charge on any atom is -0.462 e. The number of hydrogen-bond donors (Lipinski definition) is 2. The highest BCUT2D eigenvalue weighted by molar-refractivity contribution is 7.13. The van der Waals surface area contributed by atoms with Crippen LogP contribution in [0.1, 0.15) is 34.7 Å². The summed E-state index contributed by atoms with van der Waals surface area (Å²) in [7, 11) is 0. The number of carbonyl (C=O) groups is 2. The molecule has 0 radical (unpaired) electrons. The lowest BCUT2D eigenvalue weighted by Crippen LogP contribution is -2.27. The molecular formula is C19H19N3O3S. The molecule has 0 bridgehead atoms. The summed E-state index contributed by atoms with van der Waals surface area (Å²) in [5.41, 5.74) is 1.47. The SMILES string of the molecule is CC(C)CNC(=O)c1ccc(NC(=O)c2csc(-c3ccco3)n2)cc1. The zero-order valence-corrected chi connectivity index (χ0v) is 15.3. The lowest BCUT2D eigenvalue weighted by Gasteiger charge is -2.08. The van der Waals surface area contributed by atoms with Gasteiger partial charge in [0.25, 0.3) is 11.8 Å². The molecule has 2 N–H and O–H groups in total.